The summed E-state index contributed by atoms with van der Waals surface area (Å²) in [6, 6.07) is 15.8. The molecular formula is C27H28N8O3. The summed E-state index contributed by atoms with van der Waals surface area (Å²) < 4.78 is 11.5. The molecule has 1 aromatic heterocycles. The molecule has 0 radical (unpaired) electrons. The van der Waals surface area contributed by atoms with Crippen molar-refractivity contribution in [3.63, 3.8) is 0 Å². The molecule has 2 unspecified atom stereocenters. The largest absolute Gasteiger partial charge is 0.378 e. The fourth-order valence-corrected chi connectivity index (χ4v) is 4.93. The molecule has 2 bridgehead atoms. The van der Waals surface area contributed by atoms with Crippen LogP contribution in [0.4, 0.5) is 28.1 Å². The number of hydrogen-bond donors (Lipinski definition) is 2. The highest BCUT2D eigenvalue weighted by molar-refractivity contribution is 5.99. The molecule has 0 aliphatic carbocycles. The average molecular weight is 513 g/mol. The Kier molecular flexibility index (Phi) is 6.73. The maximum absolute atomic E-state index is 12.4. The van der Waals surface area contributed by atoms with Crippen LogP contribution in [0.5, 0.6) is 0 Å². The zero-order chi connectivity index (χ0) is 25.9. The maximum Gasteiger partial charge on any atom is 0.323 e. The summed E-state index contributed by atoms with van der Waals surface area (Å²) in [5.74, 6) is 1.90. The molecule has 3 aliphatic heterocycles. The van der Waals surface area contributed by atoms with Crippen LogP contribution in [0.3, 0.4) is 0 Å². The van der Waals surface area contributed by atoms with Crippen LogP contribution in [-0.2, 0) is 9.47 Å². The fraction of sp³-hybridized carbons (Fsp3) is 0.370. The van der Waals surface area contributed by atoms with Crippen molar-refractivity contribution in [2.75, 3.05) is 59.8 Å². The van der Waals surface area contributed by atoms with Crippen molar-refractivity contribution in [2.24, 2.45) is 0 Å². The minimum Gasteiger partial charge on any atom is -0.378 e. The van der Waals surface area contributed by atoms with E-state index in [4.69, 9.17) is 29.7 Å². The van der Waals surface area contributed by atoms with Gasteiger partial charge in [0.15, 0.2) is 5.82 Å². The van der Waals surface area contributed by atoms with Gasteiger partial charge in [0.05, 0.1) is 37.1 Å². The van der Waals surface area contributed by atoms with E-state index in [9.17, 15) is 4.79 Å². The number of nitrogens with one attached hydrogen (secondary N) is 2. The first-order valence-corrected chi connectivity index (χ1v) is 12.8. The third kappa shape index (κ3) is 5.37. The van der Waals surface area contributed by atoms with Crippen LogP contribution in [0.25, 0.3) is 11.4 Å². The number of ether oxygens (including phenoxy) is 2. The van der Waals surface area contributed by atoms with Crippen molar-refractivity contribution in [1.29, 1.82) is 5.26 Å². The second kappa shape index (κ2) is 10.6. The highest BCUT2D eigenvalue weighted by Crippen LogP contribution is 2.30. The lowest BCUT2D eigenvalue weighted by atomic mass is 10.2. The Bertz CT molecular complexity index is 1320. The number of nitriles is 1. The number of fused-ring (bicyclic) bond motifs is 2. The number of carbonyl (C=O) groups excluding carboxylic acids is 1. The summed E-state index contributed by atoms with van der Waals surface area (Å²) in [4.78, 5) is 31.3. The summed E-state index contributed by atoms with van der Waals surface area (Å²) in [7, 11) is 0. The SMILES string of the molecule is N#Cc1ccc(NC(=O)Nc2ccc(-c3nc(N4CCOCC4)nc(N4CC5CCC(C4)O5)n3)cc2)cc1. The fourth-order valence-electron chi connectivity index (χ4n) is 4.93. The van der Waals surface area contributed by atoms with Crippen molar-refractivity contribution >= 4 is 29.3 Å². The molecule has 6 rings (SSSR count). The Balaban J connectivity index is 1.20. The summed E-state index contributed by atoms with van der Waals surface area (Å²) in [6.45, 7) is 4.30. The number of nitrogens with zero attached hydrogens (tertiary/aromatic N) is 6. The molecule has 0 spiro atoms. The Morgan fingerprint density at radius 1 is 0.842 bits per heavy atom. The summed E-state index contributed by atoms with van der Waals surface area (Å²) in [6.07, 6.45) is 2.59. The van der Waals surface area contributed by atoms with E-state index in [2.05, 4.69) is 26.5 Å². The number of urea groups is 1. The molecule has 38 heavy (non-hydrogen) atoms. The standard InChI is InChI=1S/C27H28N8O3/c28-15-18-1-5-20(6-2-18)29-27(36)30-21-7-3-19(4-8-21)24-31-25(34-11-13-37-14-12-34)33-26(32-24)35-16-22-9-10-23(17-35)38-22/h1-8,22-23H,9-14,16-17H2,(H2,29,30,36). The van der Waals surface area contributed by atoms with E-state index in [0.29, 0.717) is 47.9 Å². The van der Waals surface area contributed by atoms with Crippen molar-refractivity contribution < 1.29 is 14.3 Å². The average Bonchev–Trinajstić information content (AvgIpc) is 3.31. The van der Waals surface area contributed by atoms with E-state index >= 15 is 0 Å². The molecule has 2 amide bonds. The highest BCUT2D eigenvalue weighted by atomic mass is 16.5. The molecule has 3 fully saturated rings. The predicted molar refractivity (Wildman–Crippen MR) is 142 cm³/mol. The van der Waals surface area contributed by atoms with Crippen LogP contribution >= 0.6 is 0 Å². The number of hydrogen-bond acceptors (Lipinski definition) is 9. The normalized spacial score (nSPS) is 20.6. The van der Waals surface area contributed by atoms with Gasteiger partial charge < -0.3 is 29.9 Å². The van der Waals surface area contributed by atoms with E-state index in [1.54, 1.807) is 24.3 Å². The quantitative estimate of drug-likeness (QED) is 0.529. The molecule has 2 aromatic carbocycles. The lowest BCUT2D eigenvalue weighted by Crippen LogP contribution is -2.44. The molecule has 4 heterocycles. The zero-order valence-electron chi connectivity index (χ0n) is 20.8. The van der Waals surface area contributed by atoms with Crippen LogP contribution in [0, 0.1) is 11.3 Å². The third-order valence-electron chi connectivity index (χ3n) is 6.90. The van der Waals surface area contributed by atoms with Crippen molar-refractivity contribution in [1.82, 2.24) is 15.0 Å². The van der Waals surface area contributed by atoms with Gasteiger partial charge in [0, 0.05) is 43.1 Å². The number of anilines is 4. The van der Waals surface area contributed by atoms with Gasteiger partial charge in [-0.15, -0.1) is 0 Å². The lowest BCUT2D eigenvalue weighted by Gasteiger charge is -2.33. The Hall–Kier alpha value is -4.27. The predicted octanol–water partition coefficient (Wildman–Crippen LogP) is 3.26. The monoisotopic (exact) mass is 512 g/mol. The highest BCUT2D eigenvalue weighted by Gasteiger charge is 2.35. The lowest BCUT2D eigenvalue weighted by molar-refractivity contribution is 0.0299. The van der Waals surface area contributed by atoms with E-state index in [1.807, 2.05) is 24.3 Å². The van der Waals surface area contributed by atoms with Crippen LogP contribution in [0.15, 0.2) is 48.5 Å². The molecule has 0 saturated carbocycles. The number of rotatable bonds is 5. The van der Waals surface area contributed by atoms with Crippen molar-refractivity contribution in [3.8, 4) is 17.5 Å². The van der Waals surface area contributed by atoms with Gasteiger partial charge >= 0.3 is 6.03 Å². The third-order valence-corrected chi connectivity index (χ3v) is 6.90. The second-order valence-corrected chi connectivity index (χ2v) is 9.57. The molecule has 3 aliphatic rings. The Morgan fingerprint density at radius 2 is 1.42 bits per heavy atom. The number of benzene rings is 2. The summed E-state index contributed by atoms with van der Waals surface area (Å²) in [5, 5.41) is 14.5. The first kappa shape index (κ1) is 24.1. The van der Waals surface area contributed by atoms with Crippen molar-refractivity contribution in [3.05, 3.63) is 54.1 Å². The topological polar surface area (TPSA) is 129 Å². The zero-order valence-corrected chi connectivity index (χ0v) is 20.8. The van der Waals surface area contributed by atoms with Gasteiger partial charge in [0.1, 0.15) is 0 Å². The van der Waals surface area contributed by atoms with E-state index in [1.165, 1.54) is 0 Å². The van der Waals surface area contributed by atoms with Gasteiger partial charge in [0.2, 0.25) is 11.9 Å². The van der Waals surface area contributed by atoms with E-state index in [0.717, 1.165) is 44.6 Å². The number of carbonyl (C=O) groups is 1. The van der Waals surface area contributed by atoms with Gasteiger partial charge in [-0.3, -0.25) is 0 Å². The Morgan fingerprint density at radius 3 is 2.03 bits per heavy atom. The van der Waals surface area contributed by atoms with Crippen LogP contribution in [-0.4, -0.2) is 72.6 Å². The second-order valence-electron chi connectivity index (χ2n) is 9.57. The first-order chi connectivity index (χ1) is 18.6. The number of amides is 2. The molecule has 11 nitrogen and oxygen atoms in total. The number of aromatic nitrogens is 3. The summed E-state index contributed by atoms with van der Waals surface area (Å²) in [5.41, 5.74) is 2.60. The molecule has 2 N–H and O–H groups in total. The minimum atomic E-state index is -0.374. The van der Waals surface area contributed by atoms with Gasteiger partial charge in [0.25, 0.3) is 0 Å². The van der Waals surface area contributed by atoms with E-state index < -0.39 is 0 Å². The Labute approximate surface area is 220 Å². The first-order valence-electron chi connectivity index (χ1n) is 12.8. The van der Waals surface area contributed by atoms with Gasteiger partial charge in [-0.25, -0.2) is 4.79 Å². The van der Waals surface area contributed by atoms with Gasteiger partial charge in [-0.05, 0) is 61.4 Å². The van der Waals surface area contributed by atoms with E-state index in [-0.39, 0.29) is 18.2 Å². The summed E-state index contributed by atoms with van der Waals surface area (Å²) >= 11 is 0. The molecule has 3 aromatic rings. The molecule has 11 heteroatoms. The van der Waals surface area contributed by atoms with Crippen LogP contribution in [0.1, 0.15) is 18.4 Å². The molecule has 194 valence electrons. The number of morpholine rings is 2. The van der Waals surface area contributed by atoms with Crippen molar-refractivity contribution in [2.45, 2.75) is 25.0 Å². The van der Waals surface area contributed by atoms with Crippen LogP contribution in [0.2, 0.25) is 0 Å². The van der Waals surface area contributed by atoms with Gasteiger partial charge in [-0.2, -0.15) is 20.2 Å². The molecular weight excluding hydrogens is 484 g/mol. The van der Waals surface area contributed by atoms with Crippen LogP contribution < -0.4 is 20.4 Å². The van der Waals surface area contributed by atoms with Gasteiger partial charge in [-0.1, -0.05) is 0 Å². The minimum absolute atomic E-state index is 0.224. The maximum atomic E-state index is 12.4. The smallest absolute Gasteiger partial charge is 0.323 e. The molecule has 3 saturated heterocycles. The molecule has 2 atom stereocenters.